The average molecular weight is 222 g/mol. The fraction of sp³-hybridized carbons (Fsp3) is 0.111. The first-order valence-corrected chi connectivity index (χ1v) is 5.15. The van der Waals surface area contributed by atoms with E-state index in [2.05, 4.69) is 14.8 Å². The van der Waals surface area contributed by atoms with E-state index in [0.717, 1.165) is 16.3 Å². The Bertz CT molecular complexity index is 440. The van der Waals surface area contributed by atoms with E-state index in [-0.39, 0.29) is 0 Å². The fourth-order valence-corrected chi connectivity index (χ4v) is 1.84. The normalized spacial score (nSPS) is 10.5. The van der Waals surface area contributed by atoms with Gasteiger partial charge >= 0.3 is 0 Å². The third-order valence-electron chi connectivity index (χ3n) is 1.82. The number of anilines is 1. The molecule has 15 heavy (non-hydrogen) atoms. The number of hydrogen-bond acceptors (Lipinski definition) is 6. The molecule has 2 heterocycles. The van der Waals surface area contributed by atoms with Crippen molar-refractivity contribution in [3.8, 4) is 10.6 Å². The molecule has 2 aromatic rings. The zero-order valence-electron chi connectivity index (χ0n) is 7.88. The highest BCUT2D eigenvalue weighted by atomic mass is 32.1. The first kappa shape index (κ1) is 10.0. The standard InChI is InChI=1S/C9H10N4OS/c10-8-5-15-9(13-8)6-1-2-7(4-14-11)12-3-6/h1-3,5H,4,10-11H2. The molecule has 0 amide bonds. The van der Waals surface area contributed by atoms with Crippen molar-refractivity contribution in [2.75, 3.05) is 5.73 Å². The SMILES string of the molecule is NOCc1ccc(-c2nc(N)cs2)cn1. The molecule has 4 N–H and O–H groups in total. The lowest BCUT2D eigenvalue weighted by Crippen LogP contribution is -2.00. The molecule has 0 aliphatic carbocycles. The van der Waals surface area contributed by atoms with Gasteiger partial charge in [-0.3, -0.25) is 9.82 Å². The third kappa shape index (κ3) is 2.30. The second-order valence-electron chi connectivity index (χ2n) is 2.93. The zero-order chi connectivity index (χ0) is 10.7. The monoisotopic (exact) mass is 222 g/mol. The van der Waals surface area contributed by atoms with Gasteiger partial charge in [0.05, 0.1) is 5.69 Å². The number of rotatable bonds is 3. The van der Waals surface area contributed by atoms with Gasteiger partial charge in [-0.1, -0.05) is 0 Å². The predicted octanol–water partition coefficient (Wildman–Crippen LogP) is 1.18. The van der Waals surface area contributed by atoms with E-state index in [1.807, 2.05) is 12.1 Å². The Morgan fingerprint density at radius 1 is 1.40 bits per heavy atom. The maximum absolute atomic E-state index is 5.54. The Kier molecular flexibility index (Phi) is 2.91. The molecule has 0 aromatic carbocycles. The van der Waals surface area contributed by atoms with E-state index >= 15 is 0 Å². The minimum atomic E-state index is 0.306. The van der Waals surface area contributed by atoms with Crippen LogP contribution in [-0.2, 0) is 11.4 Å². The van der Waals surface area contributed by atoms with Crippen LogP contribution in [0.15, 0.2) is 23.7 Å². The summed E-state index contributed by atoms with van der Waals surface area (Å²) in [5, 5.41) is 2.66. The third-order valence-corrected chi connectivity index (χ3v) is 2.73. The maximum Gasteiger partial charge on any atom is 0.135 e. The minimum absolute atomic E-state index is 0.306. The molecule has 78 valence electrons. The van der Waals surface area contributed by atoms with Crippen molar-refractivity contribution in [1.82, 2.24) is 9.97 Å². The van der Waals surface area contributed by atoms with Gasteiger partial charge in [-0.05, 0) is 12.1 Å². The number of pyridine rings is 1. The minimum Gasteiger partial charge on any atom is -0.383 e. The largest absolute Gasteiger partial charge is 0.383 e. The molecule has 0 aliphatic rings. The van der Waals surface area contributed by atoms with E-state index in [4.69, 9.17) is 11.6 Å². The second-order valence-corrected chi connectivity index (χ2v) is 3.78. The quantitative estimate of drug-likeness (QED) is 0.761. The number of nitrogen functional groups attached to an aromatic ring is 1. The van der Waals surface area contributed by atoms with Crippen LogP contribution in [-0.4, -0.2) is 9.97 Å². The fourth-order valence-electron chi connectivity index (χ4n) is 1.14. The lowest BCUT2D eigenvalue weighted by molar-refractivity contribution is 0.121. The van der Waals surface area contributed by atoms with Crippen LogP contribution in [0.25, 0.3) is 10.6 Å². The van der Waals surface area contributed by atoms with Gasteiger partial charge in [0.25, 0.3) is 0 Å². The maximum atomic E-state index is 5.54. The van der Waals surface area contributed by atoms with E-state index < -0.39 is 0 Å². The lowest BCUT2D eigenvalue weighted by Gasteiger charge is -1.99. The van der Waals surface area contributed by atoms with Crippen molar-refractivity contribution >= 4 is 17.2 Å². The zero-order valence-corrected chi connectivity index (χ0v) is 8.70. The Morgan fingerprint density at radius 3 is 2.80 bits per heavy atom. The summed E-state index contributed by atoms with van der Waals surface area (Å²) in [4.78, 5) is 12.8. The first-order valence-electron chi connectivity index (χ1n) is 4.27. The Morgan fingerprint density at radius 2 is 2.27 bits per heavy atom. The molecule has 0 atom stereocenters. The predicted molar refractivity (Wildman–Crippen MR) is 58.7 cm³/mol. The van der Waals surface area contributed by atoms with Crippen LogP contribution >= 0.6 is 11.3 Å². The van der Waals surface area contributed by atoms with Gasteiger partial charge < -0.3 is 5.73 Å². The smallest absolute Gasteiger partial charge is 0.135 e. The number of thiazole rings is 1. The lowest BCUT2D eigenvalue weighted by atomic mass is 10.2. The van der Waals surface area contributed by atoms with Crippen LogP contribution in [0.2, 0.25) is 0 Å². The molecule has 0 fully saturated rings. The van der Waals surface area contributed by atoms with Crippen molar-refractivity contribution in [3.05, 3.63) is 29.4 Å². The summed E-state index contributed by atoms with van der Waals surface area (Å²) in [7, 11) is 0. The van der Waals surface area contributed by atoms with E-state index in [0.29, 0.717) is 12.4 Å². The molecule has 5 nitrogen and oxygen atoms in total. The summed E-state index contributed by atoms with van der Waals surface area (Å²) in [6, 6.07) is 3.76. The highest BCUT2D eigenvalue weighted by molar-refractivity contribution is 7.13. The number of nitrogens with two attached hydrogens (primary N) is 2. The Balaban J connectivity index is 2.23. The van der Waals surface area contributed by atoms with Crippen LogP contribution in [0.4, 0.5) is 5.82 Å². The summed E-state index contributed by atoms with van der Waals surface area (Å²) in [5.74, 6) is 5.48. The van der Waals surface area contributed by atoms with Crippen molar-refractivity contribution < 1.29 is 4.84 Å². The molecule has 0 unspecified atom stereocenters. The summed E-state index contributed by atoms with van der Waals surface area (Å²) in [6.45, 7) is 0.306. The van der Waals surface area contributed by atoms with Crippen molar-refractivity contribution in [2.24, 2.45) is 5.90 Å². The molecule has 0 saturated carbocycles. The summed E-state index contributed by atoms with van der Waals surface area (Å²) in [6.07, 6.45) is 1.73. The van der Waals surface area contributed by atoms with Gasteiger partial charge in [0.1, 0.15) is 17.4 Å². The van der Waals surface area contributed by atoms with Crippen molar-refractivity contribution in [2.45, 2.75) is 6.61 Å². The number of hydrogen-bond donors (Lipinski definition) is 2. The van der Waals surface area contributed by atoms with Gasteiger partial charge in [-0.2, -0.15) is 0 Å². The Labute approximate surface area is 90.7 Å². The topological polar surface area (TPSA) is 87.0 Å². The molecule has 0 spiro atoms. The molecule has 0 bridgehead atoms. The van der Waals surface area contributed by atoms with Crippen molar-refractivity contribution in [1.29, 1.82) is 0 Å². The molecule has 0 saturated heterocycles. The first-order chi connectivity index (χ1) is 7.29. The highest BCUT2D eigenvalue weighted by Gasteiger charge is 2.03. The highest BCUT2D eigenvalue weighted by Crippen LogP contribution is 2.23. The summed E-state index contributed by atoms with van der Waals surface area (Å²) < 4.78 is 0. The van der Waals surface area contributed by atoms with Gasteiger partial charge in [-0.25, -0.2) is 10.9 Å². The van der Waals surface area contributed by atoms with Crippen LogP contribution in [0, 0.1) is 0 Å². The van der Waals surface area contributed by atoms with Gasteiger partial charge in [0.15, 0.2) is 0 Å². The summed E-state index contributed by atoms with van der Waals surface area (Å²) >= 11 is 1.49. The van der Waals surface area contributed by atoms with Crippen LogP contribution in [0.1, 0.15) is 5.69 Å². The van der Waals surface area contributed by atoms with Gasteiger partial charge in [0.2, 0.25) is 0 Å². The molecule has 2 aromatic heterocycles. The van der Waals surface area contributed by atoms with Crippen LogP contribution < -0.4 is 11.6 Å². The van der Waals surface area contributed by atoms with Gasteiger partial charge in [-0.15, -0.1) is 11.3 Å². The molecular formula is C9H10N4OS. The van der Waals surface area contributed by atoms with E-state index in [1.165, 1.54) is 11.3 Å². The molecule has 0 aliphatic heterocycles. The average Bonchev–Trinajstić information content (AvgIpc) is 2.67. The van der Waals surface area contributed by atoms with Crippen LogP contribution in [0.5, 0.6) is 0 Å². The molecular weight excluding hydrogens is 212 g/mol. The van der Waals surface area contributed by atoms with E-state index in [1.54, 1.807) is 11.6 Å². The number of nitrogens with zero attached hydrogens (tertiary/aromatic N) is 2. The molecule has 6 heteroatoms. The van der Waals surface area contributed by atoms with Gasteiger partial charge in [0, 0.05) is 17.1 Å². The second kappa shape index (κ2) is 4.35. The summed E-state index contributed by atoms with van der Waals surface area (Å²) in [5.41, 5.74) is 7.26. The number of aromatic nitrogens is 2. The van der Waals surface area contributed by atoms with Crippen molar-refractivity contribution in [3.63, 3.8) is 0 Å². The van der Waals surface area contributed by atoms with E-state index in [9.17, 15) is 0 Å². The Hall–Kier alpha value is -1.50. The molecule has 0 radical (unpaired) electrons. The molecule has 2 rings (SSSR count). The van der Waals surface area contributed by atoms with Crippen LogP contribution in [0.3, 0.4) is 0 Å².